The number of nitrogens with one attached hydrogen (secondary N) is 1. The molecule has 1 fully saturated rings. The minimum absolute atomic E-state index is 0.310. The van der Waals surface area contributed by atoms with Crippen LogP contribution in [0.4, 0.5) is 0 Å². The molecule has 5 nitrogen and oxygen atoms in total. The summed E-state index contributed by atoms with van der Waals surface area (Å²) in [6.07, 6.45) is 0. The van der Waals surface area contributed by atoms with Crippen LogP contribution in [-0.2, 0) is 19.3 Å². The molecule has 2 atom stereocenters. The second kappa shape index (κ2) is 6.92. The minimum atomic E-state index is -1.28. The van der Waals surface area contributed by atoms with Gasteiger partial charge in [0.2, 0.25) is 0 Å². The first-order valence-corrected chi connectivity index (χ1v) is 11.9. The predicted molar refractivity (Wildman–Crippen MR) is 127 cm³/mol. The monoisotopic (exact) mass is 540 g/mol. The fourth-order valence-corrected chi connectivity index (χ4v) is 6.91. The van der Waals surface area contributed by atoms with Crippen molar-refractivity contribution < 1.29 is 14.4 Å². The maximum absolute atomic E-state index is 13.7. The lowest BCUT2D eigenvalue weighted by Crippen LogP contribution is -2.57. The van der Waals surface area contributed by atoms with E-state index in [1.807, 2.05) is 48.5 Å². The smallest absolute Gasteiger partial charge is 0.270 e. The van der Waals surface area contributed by atoms with Gasteiger partial charge in [0.1, 0.15) is 9.75 Å². The maximum atomic E-state index is 13.7. The largest absolute Gasteiger partial charge is 0.272 e. The summed E-state index contributed by atoms with van der Waals surface area (Å²) in [4.78, 5) is 37.6. The minimum Gasteiger partial charge on any atom is -0.272 e. The van der Waals surface area contributed by atoms with Gasteiger partial charge < -0.3 is 0 Å². The van der Waals surface area contributed by atoms with Gasteiger partial charge in [-0.15, -0.1) is 23.2 Å². The van der Waals surface area contributed by atoms with Gasteiger partial charge in [-0.2, -0.15) is 5.01 Å². The second-order valence-electron chi connectivity index (χ2n) is 8.43. The Morgan fingerprint density at radius 1 is 0.758 bits per heavy atom. The molecule has 1 heterocycles. The molecule has 164 valence electrons. The molecule has 3 amide bonds. The normalized spacial score (nSPS) is 28.9. The Labute approximate surface area is 207 Å². The van der Waals surface area contributed by atoms with Gasteiger partial charge in [0, 0.05) is 10.0 Å². The third-order valence-corrected chi connectivity index (χ3v) is 8.72. The van der Waals surface area contributed by atoms with Crippen LogP contribution in [0.15, 0.2) is 77.3 Å². The lowest BCUT2D eigenvalue weighted by molar-refractivity contribution is -0.142. The van der Waals surface area contributed by atoms with E-state index in [-0.39, 0.29) is 0 Å². The van der Waals surface area contributed by atoms with E-state index in [0.29, 0.717) is 27.8 Å². The number of carbonyl (C=O) groups excluding carboxylic acids is 3. The van der Waals surface area contributed by atoms with Crippen LogP contribution in [0.1, 0.15) is 32.6 Å². The van der Waals surface area contributed by atoms with Gasteiger partial charge in [-0.3, -0.25) is 19.8 Å². The molecule has 33 heavy (non-hydrogen) atoms. The van der Waals surface area contributed by atoms with Crippen LogP contribution in [0.3, 0.4) is 0 Å². The van der Waals surface area contributed by atoms with E-state index in [4.69, 9.17) is 23.2 Å². The first kappa shape index (κ1) is 20.9. The molecule has 0 spiro atoms. The number of carbonyl (C=O) groups is 3. The fraction of sp³-hybridized carbons (Fsp3) is 0.160. The highest BCUT2D eigenvalue weighted by atomic mass is 79.9. The van der Waals surface area contributed by atoms with Crippen molar-refractivity contribution in [3.8, 4) is 0 Å². The van der Waals surface area contributed by atoms with Crippen LogP contribution < -0.4 is 5.43 Å². The molecule has 0 aromatic heterocycles. The predicted octanol–water partition coefficient (Wildman–Crippen LogP) is 4.69. The summed E-state index contributed by atoms with van der Waals surface area (Å²) in [6.45, 7) is 0. The zero-order valence-electron chi connectivity index (χ0n) is 16.9. The number of nitrogens with zero attached hydrogens (tertiary/aromatic N) is 1. The standard InChI is InChI=1S/C25H15BrCl2N2O3/c26-14-11-9-13(10-12-14)21(31)29-30-22(32)19-20(23(30)33)25(28)16-6-2-1-5-15(16)24(19,27)17-7-3-4-8-18(17)25/h1-12,19-20H,(H,29,31)/t19-,20-,24?,25?/m0/s1. The molecule has 1 aliphatic heterocycles. The number of hydrazine groups is 1. The molecule has 1 saturated heterocycles. The van der Waals surface area contributed by atoms with Gasteiger partial charge in [-0.05, 0) is 46.5 Å². The van der Waals surface area contributed by atoms with Crippen molar-refractivity contribution in [1.82, 2.24) is 10.4 Å². The molecule has 3 aromatic rings. The van der Waals surface area contributed by atoms with E-state index >= 15 is 0 Å². The van der Waals surface area contributed by atoms with Crippen molar-refractivity contribution in [1.29, 1.82) is 0 Å². The molecule has 0 radical (unpaired) electrons. The van der Waals surface area contributed by atoms with Crippen molar-refractivity contribution in [3.63, 3.8) is 0 Å². The Bertz CT molecular complexity index is 1250. The first-order chi connectivity index (χ1) is 15.8. The summed E-state index contributed by atoms with van der Waals surface area (Å²) >= 11 is 18.0. The van der Waals surface area contributed by atoms with Crippen molar-refractivity contribution in [2.75, 3.05) is 0 Å². The van der Waals surface area contributed by atoms with E-state index in [1.165, 1.54) is 0 Å². The number of halogens is 3. The third-order valence-electron chi connectivity index (χ3n) is 6.91. The highest BCUT2D eigenvalue weighted by molar-refractivity contribution is 9.10. The van der Waals surface area contributed by atoms with Gasteiger partial charge in [0.25, 0.3) is 17.7 Å². The van der Waals surface area contributed by atoms with Crippen molar-refractivity contribution >= 4 is 56.9 Å². The highest BCUT2D eigenvalue weighted by Gasteiger charge is 2.73. The summed E-state index contributed by atoms with van der Waals surface area (Å²) in [5, 5.41) is 0.797. The molecule has 3 aromatic carbocycles. The lowest BCUT2D eigenvalue weighted by Gasteiger charge is -2.54. The van der Waals surface area contributed by atoms with Crippen molar-refractivity contribution in [3.05, 3.63) is 105 Å². The van der Waals surface area contributed by atoms with E-state index in [9.17, 15) is 14.4 Å². The zero-order chi connectivity index (χ0) is 23.1. The Hall–Kier alpha value is -2.67. The Morgan fingerprint density at radius 2 is 1.15 bits per heavy atom. The van der Waals surface area contributed by atoms with Crippen LogP contribution in [0.25, 0.3) is 0 Å². The molecule has 0 saturated carbocycles. The molecule has 7 rings (SSSR count). The highest BCUT2D eigenvalue weighted by Crippen LogP contribution is 2.69. The number of benzene rings is 3. The number of imide groups is 1. The van der Waals surface area contributed by atoms with E-state index in [1.54, 1.807) is 24.3 Å². The summed E-state index contributed by atoms with van der Waals surface area (Å²) in [7, 11) is 0. The molecule has 8 heteroatoms. The van der Waals surface area contributed by atoms with Crippen LogP contribution >= 0.6 is 39.1 Å². The van der Waals surface area contributed by atoms with Crippen LogP contribution in [0.2, 0.25) is 0 Å². The Morgan fingerprint density at radius 3 is 1.55 bits per heavy atom. The van der Waals surface area contributed by atoms with Crippen LogP contribution in [0.5, 0.6) is 0 Å². The molecule has 4 aliphatic rings. The van der Waals surface area contributed by atoms with Crippen molar-refractivity contribution in [2.24, 2.45) is 11.8 Å². The first-order valence-electron chi connectivity index (χ1n) is 10.3. The fourth-order valence-electron chi connectivity index (χ4n) is 5.54. The van der Waals surface area contributed by atoms with E-state index in [2.05, 4.69) is 21.4 Å². The average Bonchev–Trinajstić information content (AvgIpc) is 3.09. The summed E-state index contributed by atoms with van der Waals surface area (Å²) in [5.74, 6) is -3.63. The van der Waals surface area contributed by atoms with Gasteiger partial charge in [-0.1, -0.05) is 64.5 Å². The number of hydrogen-bond acceptors (Lipinski definition) is 3. The number of hydrogen-bond donors (Lipinski definition) is 1. The zero-order valence-corrected chi connectivity index (χ0v) is 20.0. The number of rotatable bonds is 2. The van der Waals surface area contributed by atoms with Gasteiger partial charge in [-0.25, -0.2) is 0 Å². The number of amides is 3. The van der Waals surface area contributed by atoms with E-state index < -0.39 is 39.3 Å². The Balaban J connectivity index is 1.49. The quantitative estimate of drug-likeness (QED) is 0.378. The molecular weight excluding hydrogens is 527 g/mol. The summed E-state index contributed by atoms with van der Waals surface area (Å²) in [6, 6.07) is 21.4. The van der Waals surface area contributed by atoms with Gasteiger partial charge in [0.15, 0.2) is 0 Å². The molecular formula is C25H15BrCl2N2O3. The maximum Gasteiger partial charge on any atom is 0.270 e. The molecule has 1 N–H and O–H groups in total. The topological polar surface area (TPSA) is 66.5 Å². The molecule has 3 aliphatic carbocycles. The SMILES string of the molecule is O=C(NN1C(=O)[C@@H]2[C@@H](C1=O)C1(Cl)c3ccccc3C2(Cl)c2ccccc21)c1ccc(Br)cc1. The lowest BCUT2D eigenvalue weighted by atomic mass is 9.54. The van der Waals surface area contributed by atoms with Gasteiger partial charge >= 0.3 is 0 Å². The van der Waals surface area contributed by atoms with Crippen LogP contribution in [-0.4, -0.2) is 22.7 Å². The third kappa shape index (κ3) is 2.52. The molecule has 2 bridgehead atoms. The van der Waals surface area contributed by atoms with E-state index in [0.717, 1.165) is 9.48 Å². The second-order valence-corrected chi connectivity index (χ2v) is 10.5. The van der Waals surface area contributed by atoms with Gasteiger partial charge in [0.05, 0.1) is 11.8 Å². The average molecular weight is 542 g/mol. The molecule has 0 unspecified atom stereocenters. The Kier molecular flexibility index (Phi) is 4.38. The van der Waals surface area contributed by atoms with Crippen molar-refractivity contribution in [2.45, 2.75) is 9.75 Å². The number of alkyl halides is 2. The summed E-state index contributed by atoms with van der Waals surface area (Å²) in [5.41, 5.74) is 5.65. The van der Waals surface area contributed by atoms with Crippen LogP contribution in [0, 0.1) is 11.8 Å². The summed E-state index contributed by atoms with van der Waals surface area (Å²) < 4.78 is 0.804.